The first-order valence-corrected chi connectivity index (χ1v) is 7.90. The van der Waals surface area contributed by atoms with E-state index in [1.807, 2.05) is 30.3 Å². The van der Waals surface area contributed by atoms with Crippen LogP contribution in [0.15, 0.2) is 30.3 Å². The highest BCUT2D eigenvalue weighted by Crippen LogP contribution is 2.56. The molecule has 0 radical (unpaired) electrons. The molecule has 2 saturated heterocycles. The molecule has 2 aliphatic rings. The Morgan fingerprint density at radius 1 is 1.10 bits per heavy atom. The van der Waals surface area contributed by atoms with E-state index in [1.54, 1.807) is 0 Å². The monoisotopic (exact) mass is 288 g/mol. The lowest BCUT2D eigenvalue weighted by Gasteiger charge is -2.58. The fraction of sp³-hybridized carbons (Fsp3) is 0.611. The molecule has 3 rings (SSSR count). The Hall–Kier alpha value is -1.35. The van der Waals surface area contributed by atoms with Gasteiger partial charge in [0.05, 0.1) is 12.2 Å². The van der Waals surface area contributed by atoms with Gasteiger partial charge in [-0.3, -0.25) is 0 Å². The minimum atomic E-state index is -0.908. The van der Waals surface area contributed by atoms with Crippen LogP contribution < -0.4 is 0 Å². The second-order valence-corrected chi connectivity index (χ2v) is 6.97. The molecular formula is C18H24O3. The number of carbonyl (C=O) groups excluding carboxylic acids is 1. The van der Waals surface area contributed by atoms with Crippen molar-refractivity contribution in [2.24, 2.45) is 11.8 Å². The van der Waals surface area contributed by atoms with Gasteiger partial charge in [0.2, 0.25) is 0 Å². The molecule has 2 fully saturated rings. The predicted octanol–water partition coefficient (Wildman–Crippen LogP) is 3.67. The number of carbonyl (C=O) groups is 1. The van der Waals surface area contributed by atoms with Gasteiger partial charge < -0.3 is 9.47 Å². The minimum Gasteiger partial charge on any atom is -0.463 e. The molecule has 0 bridgehead atoms. The van der Waals surface area contributed by atoms with E-state index in [0.717, 1.165) is 24.8 Å². The molecule has 3 heteroatoms. The van der Waals surface area contributed by atoms with E-state index in [4.69, 9.17) is 9.47 Å². The Kier molecular flexibility index (Phi) is 3.56. The highest BCUT2D eigenvalue weighted by atomic mass is 16.6. The summed E-state index contributed by atoms with van der Waals surface area (Å²) in [7, 11) is 0. The molecule has 3 atom stereocenters. The van der Waals surface area contributed by atoms with Gasteiger partial charge in [-0.15, -0.1) is 0 Å². The molecule has 0 N–H and O–H groups in total. The summed E-state index contributed by atoms with van der Waals surface area (Å²) in [5.74, 6) is 0.536. The van der Waals surface area contributed by atoms with Crippen LogP contribution in [-0.4, -0.2) is 18.2 Å². The van der Waals surface area contributed by atoms with Crippen LogP contribution in [0.25, 0.3) is 0 Å². The minimum absolute atomic E-state index is 0.167. The van der Waals surface area contributed by atoms with E-state index in [0.29, 0.717) is 12.5 Å². The summed E-state index contributed by atoms with van der Waals surface area (Å²) in [6.07, 6.45) is 3.05. The first-order chi connectivity index (χ1) is 9.97. The van der Waals surface area contributed by atoms with Crippen LogP contribution in [0, 0.1) is 11.8 Å². The van der Waals surface area contributed by atoms with Crippen LogP contribution in [0.2, 0.25) is 0 Å². The zero-order valence-electron chi connectivity index (χ0n) is 13.1. The molecule has 1 aromatic carbocycles. The summed E-state index contributed by atoms with van der Waals surface area (Å²) in [5, 5.41) is 0. The summed E-state index contributed by atoms with van der Waals surface area (Å²) in [6.45, 7) is 6.88. The average molecular weight is 288 g/mol. The SMILES string of the molecule is C[C@@H]1CCOC(=O)[C@]2(c3ccccc3)OC(C)(C)[C@@H]2CC1. The van der Waals surface area contributed by atoms with E-state index in [2.05, 4.69) is 20.8 Å². The van der Waals surface area contributed by atoms with Gasteiger partial charge in [0, 0.05) is 5.92 Å². The molecule has 0 saturated carbocycles. The van der Waals surface area contributed by atoms with Gasteiger partial charge in [0.15, 0.2) is 5.60 Å². The maximum Gasteiger partial charge on any atom is 0.343 e. The molecule has 0 unspecified atom stereocenters. The fourth-order valence-electron chi connectivity index (χ4n) is 3.84. The van der Waals surface area contributed by atoms with Crippen LogP contribution in [0.1, 0.15) is 45.6 Å². The predicted molar refractivity (Wildman–Crippen MR) is 80.7 cm³/mol. The third kappa shape index (κ3) is 2.28. The van der Waals surface area contributed by atoms with E-state index in [9.17, 15) is 4.79 Å². The van der Waals surface area contributed by atoms with Gasteiger partial charge in [-0.05, 0) is 38.2 Å². The standard InChI is InChI=1S/C18H24O3/c1-13-9-10-15-17(2,3)21-18(15,16(19)20-12-11-13)14-7-5-4-6-8-14/h4-8,13,15H,9-12H2,1-3H3/t13-,15-,18+/m0/s1. The van der Waals surface area contributed by atoms with Crippen molar-refractivity contribution < 1.29 is 14.3 Å². The molecule has 3 nitrogen and oxygen atoms in total. The smallest absolute Gasteiger partial charge is 0.343 e. The number of benzene rings is 1. The fourth-order valence-corrected chi connectivity index (χ4v) is 3.84. The van der Waals surface area contributed by atoms with E-state index >= 15 is 0 Å². The lowest BCUT2D eigenvalue weighted by atomic mass is 9.64. The number of hydrogen-bond donors (Lipinski definition) is 0. The second-order valence-electron chi connectivity index (χ2n) is 6.97. The first kappa shape index (κ1) is 14.6. The Bertz CT molecular complexity index is 523. The van der Waals surface area contributed by atoms with Crippen molar-refractivity contribution >= 4 is 5.97 Å². The van der Waals surface area contributed by atoms with E-state index in [-0.39, 0.29) is 17.5 Å². The lowest BCUT2D eigenvalue weighted by Crippen LogP contribution is -2.67. The molecule has 0 aromatic heterocycles. The van der Waals surface area contributed by atoms with Crippen LogP contribution in [0.3, 0.4) is 0 Å². The van der Waals surface area contributed by atoms with Crippen molar-refractivity contribution in [3.8, 4) is 0 Å². The Morgan fingerprint density at radius 3 is 2.48 bits per heavy atom. The van der Waals surface area contributed by atoms with Crippen molar-refractivity contribution in [1.82, 2.24) is 0 Å². The van der Waals surface area contributed by atoms with Crippen molar-refractivity contribution in [2.75, 3.05) is 6.61 Å². The quantitative estimate of drug-likeness (QED) is 0.740. The maximum atomic E-state index is 12.8. The van der Waals surface area contributed by atoms with Gasteiger partial charge in [-0.2, -0.15) is 0 Å². The van der Waals surface area contributed by atoms with Crippen molar-refractivity contribution in [3.05, 3.63) is 35.9 Å². The molecule has 2 heterocycles. The summed E-state index contributed by atoms with van der Waals surface area (Å²) >= 11 is 0. The molecule has 0 spiro atoms. The number of esters is 1. The molecule has 2 aliphatic heterocycles. The van der Waals surface area contributed by atoms with E-state index in [1.165, 1.54) is 0 Å². The Balaban J connectivity index is 2.02. The van der Waals surface area contributed by atoms with Crippen LogP contribution >= 0.6 is 0 Å². The number of hydrogen-bond acceptors (Lipinski definition) is 3. The van der Waals surface area contributed by atoms with Crippen LogP contribution in [0.5, 0.6) is 0 Å². The molecule has 1 aromatic rings. The molecular weight excluding hydrogens is 264 g/mol. The van der Waals surface area contributed by atoms with Crippen molar-refractivity contribution in [3.63, 3.8) is 0 Å². The molecule has 21 heavy (non-hydrogen) atoms. The largest absolute Gasteiger partial charge is 0.463 e. The molecule has 0 amide bonds. The summed E-state index contributed by atoms with van der Waals surface area (Å²) in [4.78, 5) is 12.8. The Morgan fingerprint density at radius 2 is 1.81 bits per heavy atom. The number of fused-ring (bicyclic) bond motifs is 1. The summed E-state index contributed by atoms with van der Waals surface area (Å²) in [5.41, 5.74) is -0.262. The van der Waals surface area contributed by atoms with Gasteiger partial charge in [0.25, 0.3) is 0 Å². The van der Waals surface area contributed by atoms with Gasteiger partial charge in [-0.25, -0.2) is 4.79 Å². The number of rotatable bonds is 1. The number of ether oxygens (including phenoxy) is 2. The molecule has 0 aliphatic carbocycles. The van der Waals surface area contributed by atoms with Gasteiger partial charge in [-0.1, -0.05) is 43.7 Å². The summed E-state index contributed by atoms with van der Waals surface area (Å²) < 4.78 is 11.7. The van der Waals surface area contributed by atoms with Crippen molar-refractivity contribution in [2.45, 2.75) is 51.2 Å². The normalized spacial score (nSPS) is 35.5. The van der Waals surface area contributed by atoms with Crippen LogP contribution in [0.4, 0.5) is 0 Å². The van der Waals surface area contributed by atoms with Crippen LogP contribution in [-0.2, 0) is 19.9 Å². The van der Waals surface area contributed by atoms with Crippen molar-refractivity contribution in [1.29, 1.82) is 0 Å². The van der Waals surface area contributed by atoms with Gasteiger partial charge >= 0.3 is 5.97 Å². The maximum absolute atomic E-state index is 12.8. The highest BCUT2D eigenvalue weighted by molar-refractivity contribution is 5.83. The highest BCUT2D eigenvalue weighted by Gasteiger charge is 2.66. The number of cyclic esters (lactones) is 1. The van der Waals surface area contributed by atoms with Gasteiger partial charge in [0.1, 0.15) is 0 Å². The zero-order chi connectivity index (χ0) is 15.1. The molecule has 114 valence electrons. The second kappa shape index (κ2) is 5.13. The summed E-state index contributed by atoms with van der Waals surface area (Å²) in [6, 6.07) is 9.83. The average Bonchev–Trinajstić information content (AvgIpc) is 2.49. The van der Waals surface area contributed by atoms with E-state index < -0.39 is 5.60 Å². The third-order valence-electron chi connectivity index (χ3n) is 5.05. The first-order valence-electron chi connectivity index (χ1n) is 7.90. The topological polar surface area (TPSA) is 35.5 Å². The zero-order valence-corrected chi connectivity index (χ0v) is 13.1. The Labute approximate surface area is 126 Å². The third-order valence-corrected chi connectivity index (χ3v) is 5.05. The lowest BCUT2D eigenvalue weighted by molar-refractivity contribution is -0.313.